The molecule has 1 amide bonds. The summed E-state index contributed by atoms with van der Waals surface area (Å²) in [5.41, 5.74) is 2.86. The quantitative estimate of drug-likeness (QED) is 0.847. The second-order valence-electron chi connectivity index (χ2n) is 6.56. The van der Waals surface area contributed by atoms with Crippen LogP contribution < -0.4 is 10.2 Å². The number of carbonyl (C=O) groups is 1. The van der Waals surface area contributed by atoms with Crippen LogP contribution in [0.5, 0.6) is 0 Å². The zero-order valence-electron chi connectivity index (χ0n) is 14.9. The van der Waals surface area contributed by atoms with Crippen LogP contribution in [0.2, 0.25) is 0 Å². The van der Waals surface area contributed by atoms with Crippen molar-refractivity contribution in [2.45, 2.75) is 25.8 Å². The number of nitrogens with zero attached hydrogens (tertiary/aromatic N) is 1. The second kappa shape index (κ2) is 7.91. The lowest BCUT2D eigenvalue weighted by atomic mass is 10.1. The number of benzene rings is 2. The number of aryl methyl sites for hydroxylation is 1. The Morgan fingerprint density at radius 2 is 1.81 bits per heavy atom. The molecule has 2 aromatic rings. The first-order valence-corrected chi connectivity index (χ1v) is 10.7. The molecule has 1 aliphatic heterocycles. The van der Waals surface area contributed by atoms with E-state index in [4.69, 9.17) is 0 Å². The fourth-order valence-electron chi connectivity index (χ4n) is 3.25. The minimum absolute atomic E-state index is 0.0266. The fourth-order valence-corrected chi connectivity index (χ4v) is 4.95. The van der Waals surface area contributed by atoms with E-state index < -0.39 is 9.84 Å². The lowest BCUT2D eigenvalue weighted by Crippen LogP contribution is -2.44. The summed E-state index contributed by atoms with van der Waals surface area (Å²) in [6.07, 6.45) is 1.45. The number of sulfone groups is 1. The summed E-state index contributed by atoms with van der Waals surface area (Å²) in [7, 11) is -3.07. The van der Waals surface area contributed by atoms with Crippen LogP contribution in [0.3, 0.4) is 0 Å². The first kappa shape index (κ1) is 18.5. The molecule has 1 saturated heterocycles. The van der Waals surface area contributed by atoms with Crippen LogP contribution in [0.15, 0.2) is 54.6 Å². The van der Waals surface area contributed by atoms with Crippen LogP contribution in [-0.4, -0.2) is 38.4 Å². The van der Waals surface area contributed by atoms with Crippen molar-refractivity contribution in [3.63, 3.8) is 0 Å². The first-order valence-electron chi connectivity index (χ1n) is 8.89. The average Bonchev–Trinajstić information content (AvgIpc) is 3.01. The number of carbonyl (C=O) groups excluding carboxylic acids is 1. The molecule has 1 atom stereocenters. The topological polar surface area (TPSA) is 66.5 Å². The molecule has 2 aromatic carbocycles. The highest BCUT2D eigenvalue weighted by Gasteiger charge is 2.35. The summed E-state index contributed by atoms with van der Waals surface area (Å²) in [5.74, 6) is 0.0387. The maximum Gasteiger partial charge on any atom is 0.246 e. The monoisotopic (exact) mass is 372 g/mol. The predicted molar refractivity (Wildman–Crippen MR) is 105 cm³/mol. The summed E-state index contributed by atoms with van der Waals surface area (Å²) in [6, 6.07) is 17.0. The van der Waals surface area contributed by atoms with Crippen LogP contribution >= 0.6 is 0 Å². The van der Waals surface area contributed by atoms with Crippen LogP contribution in [0.1, 0.15) is 18.9 Å². The summed E-state index contributed by atoms with van der Waals surface area (Å²) >= 11 is 0. The minimum Gasteiger partial charge on any atom is -0.376 e. The number of anilines is 2. The van der Waals surface area contributed by atoms with Crippen molar-refractivity contribution < 1.29 is 13.2 Å². The summed E-state index contributed by atoms with van der Waals surface area (Å²) < 4.78 is 23.8. The number of amides is 1. The van der Waals surface area contributed by atoms with E-state index in [1.807, 2.05) is 54.6 Å². The maximum absolute atomic E-state index is 12.9. The molecule has 26 heavy (non-hydrogen) atoms. The Hall–Kier alpha value is -2.34. The van der Waals surface area contributed by atoms with Gasteiger partial charge in [-0.05, 0) is 42.7 Å². The third-order valence-electron chi connectivity index (χ3n) is 4.68. The van der Waals surface area contributed by atoms with Gasteiger partial charge in [-0.1, -0.05) is 37.3 Å². The highest BCUT2D eigenvalue weighted by atomic mass is 32.2. The molecular weight excluding hydrogens is 348 g/mol. The van der Waals surface area contributed by atoms with Crippen molar-refractivity contribution >= 4 is 27.1 Å². The minimum atomic E-state index is -3.07. The third-order valence-corrected chi connectivity index (χ3v) is 6.43. The first-order chi connectivity index (χ1) is 12.5. The lowest BCUT2D eigenvalue weighted by molar-refractivity contribution is -0.117. The molecule has 0 radical (unpaired) electrons. The molecule has 0 aromatic heterocycles. The van der Waals surface area contributed by atoms with Crippen LogP contribution in [-0.2, 0) is 21.1 Å². The summed E-state index contributed by atoms with van der Waals surface area (Å²) in [5, 5.41) is 3.15. The zero-order chi connectivity index (χ0) is 18.6. The number of hydrogen-bond donors (Lipinski definition) is 1. The van der Waals surface area contributed by atoms with E-state index in [0.29, 0.717) is 6.42 Å². The van der Waals surface area contributed by atoms with Gasteiger partial charge in [0.25, 0.3) is 0 Å². The van der Waals surface area contributed by atoms with Gasteiger partial charge in [-0.2, -0.15) is 0 Å². The molecule has 0 saturated carbocycles. The van der Waals surface area contributed by atoms with E-state index in [9.17, 15) is 13.2 Å². The van der Waals surface area contributed by atoms with Crippen molar-refractivity contribution in [2.75, 3.05) is 28.3 Å². The Labute approximate surface area is 154 Å². The molecule has 3 rings (SSSR count). The number of hydrogen-bond acceptors (Lipinski definition) is 4. The molecule has 138 valence electrons. The van der Waals surface area contributed by atoms with Gasteiger partial charge in [0.15, 0.2) is 9.84 Å². The highest BCUT2D eigenvalue weighted by Crippen LogP contribution is 2.24. The van der Waals surface area contributed by atoms with Crippen LogP contribution in [0.4, 0.5) is 11.4 Å². The Morgan fingerprint density at radius 1 is 1.12 bits per heavy atom. The van der Waals surface area contributed by atoms with E-state index in [1.165, 1.54) is 5.56 Å². The van der Waals surface area contributed by atoms with Gasteiger partial charge in [0.1, 0.15) is 0 Å². The van der Waals surface area contributed by atoms with Gasteiger partial charge in [-0.15, -0.1) is 0 Å². The standard InChI is InChI=1S/C20H24N2O3S/c1-2-16-8-10-17(11-9-16)21-14-20(23)22(18-6-4-3-5-7-18)19-12-13-26(24,25)15-19/h3-11,19,21H,2,12-15H2,1H3. The SMILES string of the molecule is CCc1ccc(NCC(=O)N(c2ccccc2)C2CCS(=O)(=O)C2)cc1. The van der Waals surface area contributed by atoms with E-state index in [-0.39, 0.29) is 30.0 Å². The van der Waals surface area contributed by atoms with Crippen molar-refractivity contribution in [3.05, 3.63) is 60.2 Å². The summed E-state index contributed by atoms with van der Waals surface area (Å²) in [4.78, 5) is 14.5. The van der Waals surface area contributed by atoms with Crippen molar-refractivity contribution in [1.82, 2.24) is 0 Å². The molecule has 6 heteroatoms. The Bertz CT molecular complexity index is 848. The third kappa shape index (κ3) is 4.43. The van der Waals surface area contributed by atoms with Crippen molar-refractivity contribution in [1.29, 1.82) is 0 Å². The van der Waals surface area contributed by atoms with Crippen LogP contribution in [0, 0.1) is 0 Å². The number of para-hydroxylation sites is 1. The number of rotatable bonds is 6. The van der Waals surface area contributed by atoms with E-state index in [1.54, 1.807) is 4.90 Å². The zero-order valence-corrected chi connectivity index (χ0v) is 15.7. The fraction of sp³-hybridized carbons (Fsp3) is 0.350. The van der Waals surface area contributed by atoms with E-state index in [2.05, 4.69) is 12.2 Å². The maximum atomic E-state index is 12.9. The molecular formula is C20H24N2O3S. The molecule has 1 N–H and O–H groups in total. The Kier molecular flexibility index (Phi) is 5.61. The van der Waals surface area contributed by atoms with Gasteiger partial charge < -0.3 is 10.2 Å². The molecule has 1 aliphatic rings. The van der Waals surface area contributed by atoms with Gasteiger partial charge >= 0.3 is 0 Å². The summed E-state index contributed by atoms with van der Waals surface area (Å²) in [6.45, 7) is 2.22. The molecule has 0 bridgehead atoms. The molecule has 0 spiro atoms. The van der Waals surface area contributed by atoms with E-state index >= 15 is 0 Å². The largest absolute Gasteiger partial charge is 0.376 e. The second-order valence-corrected chi connectivity index (χ2v) is 8.79. The highest BCUT2D eigenvalue weighted by molar-refractivity contribution is 7.91. The van der Waals surface area contributed by atoms with Crippen molar-refractivity contribution in [3.8, 4) is 0 Å². The predicted octanol–water partition coefficient (Wildman–Crippen LogP) is 2.88. The molecule has 1 unspecified atom stereocenters. The van der Waals surface area contributed by atoms with Gasteiger partial charge in [0.05, 0.1) is 24.1 Å². The van der Waals surface area contributed by atoms with Gasteiger partial charge in [-0.3, -0.25) is 4.79 Å². The molecule has 0 aliphatic carbocycles. The van der Waals surface area contributed by atoms with Gasteiger partial charge in [0, 0.05) is 11.4 Å². The normalized spacial score (nSPS) is 18.4. The van der Waals surface area contributed by atoms with Crippen molar-refractivity contribution in [2.24, 2.45) is 0 Å². The Balaban J connectivity index is 1.74. The Morgan fingerprint density at radius 3 is 2.38 bits per heavy atom. The van der Waals surface area contributed by atoms with Crippen LogP contribution in [0.25, 0.3) is 0 Å². The number of nitrogens with one attached hydrogen (secondary N) is 1. The van der Waals surface area contributed by atoms with Gasteiger partial charge in [0.2, 0.25) is 5.91 Å². The van der Waals surface area contributed by atoms with Gasteiger partial charge in [-0.25, -0.2) is 8.42 Å². The molecule has 5 nitrogen and oxygen atoms in total. The smallest absolute Gasteiger partial charge is 0.246 e. The molecule has 1 heterocycles. The lowest BCUT2D eigenvalue weighted by Gasteiger charge is -2.28. The van der Waals surface area contributed by atoms with E-state index in [0.717, 1.165) is 17.8 Å². The average molecular weight is 372 g/mol. The molecule has 1 fully saturated rings.